The Morgan fingerprint density at radius 2 is 1.81 bits per heavy atom. The van der Waals surface area contributed by atoms with E-state index in [1.54, 1.807) is 38.2 Å². The number of aromatic nitrogens is 1. The lowest BCUT2D eigenvalue weighted by Gasteiger charge is -2.28. The van der Waals surface area contributed by atoms with Gasteiger partial charge in [0.05, 0.1) is 0 Å². The minimum absolute atomic E-state index is 0.197. The van der Waals surface area contributed by atoms with Crippen LogP contribution in [0.4, 0.5) is 0 Å². The zero-order chi connectivity index (χ0) is 19.9. The Balaban J connectivity index is 1.84. The molecule has 0 bridgehead atoms. The number of amides is 2. The molecule has 6 heteroatoms. The van der Waals surface area contributed by atoms with Crippen LogP contribution in [0.25, 0.3) is 0 Å². The van der Waals surface area contributed by atoms with Crippen molar-refractivity contribution in [3.63, 3.8) is 0 Å². The maximum Gasteiger partial charge on any atom is 0.237 e. The summed E-state index contributed by atoms with van der Waals surface area (Å²) in [6.07, 6.45) is 4.84. The summed E-state index contributed by atoms with van der Waals surface area (Å²) in [6, 6.07) is 11.4. The van der Waals surface area contributed by atoms with E-state index in [2.05, 4.69) is 10.3 Å². The van der Waals surface area contributed by atoms with Gasteiger partial charge in [0.1, 0.15) is 5.41 Å². The molecule has 0 atom stereocenters. The van der Waals surface area contributed by atoms with Gasteiger partial charge in [-0.3, -0.25) is 14.6 Å². The predicted octanol–water partition coefficient (Wildman–Crippen LogP) is 3.12. The van der Waals surface area contributed by atoms with E-state index in [0.717, 1.165) is 17.5 Å². The fourth-order valence-corrected chi connectivity index (χ4v) is 2.97. The summed E-state index contributed by atoms with van der Waals surface area (Å²) in [7, 11) is 1.73. The molecule has 0 fully saturated rings. The average molecular weight is 388 g/mol. The number of carbonyl (C=O) groups is 2. The second-order valence-corrected chi connectivity index (χ2v) is 7.53. The molecule has 0 saturated carbocycles. The van der Waals surface area contributed by atoms with Crippen LogP contribution >= 0.6 is 11.6 Å². The summed E-state index contributed by atoms with van der Waals surface area (Å²) < 4.78 is 0. The molecule has 1 N–H and O–H groups in total. The largest absolute Gasteiger partial charge is 0.355 e. The molecule has 0 aliphatic heterocycles. The van der Waals surface area contributed by atoms with E-state index in [1.807, 2.05) is 36.4 Å². The number of carbonyl (C=O) groups excluding carboxylic acids is 2. The van der Waals surface area contributed by atoms with Crippen molar-refractivity contribution in [1.82, 2.24) is 15.2 Å². The number of likely N-dealkylation sites (N-methyl/N-ethyl adjacent to an activating group) is 1. The Labute approximate surface area is 165 Å². The highest BCUT2D eigenvalue weighted by atomic mass is 35.5. The van der Waals surface area contributed by atoms with Gasteiger partial charge < -0.3 is 10.2 Å². The van der Waals surface area contributed by atoms with Crippen molar-refractivity contribution in [2.24, 2.45) is 5.41 Å². The summed E-state index contributed by atoms with van der Waals surface area (Å²) in [5, 5.41) is 3.53. The first kappa shape index (κ1) is 20.9. The van der Waals surface area contributed by atoms with E-state index in [0.29, 0.717) is 24.5 Å². The van der Waals surface area contributed by atoms with Gasteiger partial charge in [-0.1, -0.05) is 23.7 Å². The second-order valence-electron chi connectivity index (χ2n) is 7.09. The lowest BCUT2D eigenvalue weighted by atomic mass is 9.90. The van der Waals surface area contributed by atoms with Crippen molar-refractivity contribution >= 4 is 23.4 Å². The summed E-state index contributed by atoms with van der Waals surface area (Å²) in [6.45, 7) is 4.32. The van der Waals surface area contributed by atoms with E-state index >= 15 is 0 Å². The number of hydrogen-bond donors (Lipinski definition) is 1. The maximum absolute atomic E-state index is 12.7. The lowest BCUT2D eigenvalue weighted by Crippen LogP contribution is -2.49. The van der Waals surface area contributed by atoms with Crippen molar-refractivity contribution in [2.75, 3.05) is 20.1 Å². The quantitative estimate of drug-likeness (QED) is 0.708. The van der Waals surface area contributed by atoms with Crippen LogP contribution in [0.2, 0.25) is 5.02 Å². The van der Waals surface area contributed by atoms with Gasteiger partial charge in [0.25, 0.3) is 0 Å². The molecule has 144 valence electrons. The van der Waals surface area contributed by atoms with Crippen molar-refractivity contribution in [2.45, 2.75) is 26.7 Å². The predicted molar refractivity (Wildman–Crippen MR) is 108 cm³/mol. The standard InChI is InChI=1S/C21H26ClN3O2/c1-21(2,19(26)24-13-9-17-5-4-6-18(22)15-17)20(27)25(3)14-10-16-7-11-23-12-8-16/h4-8,11-12,15H,9-10,13-14H2,1-3H3,(H,24,26). The first-order chi connectivity index (χ1) is 12.8. The van der Waals surface area contributed by atoms with Gasteiger partial charge in [-0.2, -0.15) is 0 Å². The van der Waals surface area contributed by atoms with Crippen LogP contribution in [0.15, 0.2) is 48.8 Å². The van der Waals surface area contributed by atoms with Gasteiger partial charge in [-0.15, -0.1) is 0 Å². The molecule has 1 aromatic heterocycles. The number of halogens is 1. The maximum atomic E-state index is 12.7. The minimum atomic E-state index is -1.12. The zero-order valence-electron chi connectivity index (χ0n) is 16.0. The molecule has 2 aromatic rings. The normalized spacial score (nSPS) is 11.1. The van der Waals surface area contributed by atoms with Gasteiger partial charge in [0.2, 0.25) is 11.8 Å². The molecular formula is C21H26ClN3O2. The molecule has 0 radical (unpaired) electrons. The van der Waals surface area contributed by atoms with Gasteiger partial charge in [-0.05, 0) is 62.1 Å². The second kappa shape index (κ2) is 9.51. The molecule has 0 aliphatic carbocycles. The van der Waals surface area contributed by atoms with E-state index in [9.17, 15) is 9.59 Å². The highest BCUT2D eigenvalue weighted by Crippen LogP contribution is 2.19. The molecular weight excluding hydrogens is 362 g/mol. The third-order valence-electron chi connectivity index (χ3n) is 4.52. The SMILES string of the molecule is CN(CCc1ccncc1)C(=O)C(C)(C)C(=O)NCCc1cccc(Cl)c1. The third kappa shape index (κ3) is 6.07. The Bertz CT molecular complexity index is 778. The van der Waals surface area contributed by atoms with Crippen LogP contribution in [0.1, 0.15) is 25.0 Å². The number of nitrogens with zero attached hydrogens (tertiary/aromatic N) is 2. The number of rotatable bonds is 8. The lowest BCUT2D eigenvalue weighted by molar-refractivity contribution is -0.147. The van der Waals surface area contributed by atoms with Crippen LogP contribution in [0, 0.1) is 5.41 Å². The first-order valence-electron chi connectivity index (χ1n) is 8.98. The molecule has 0 spiro atoms. The van der Waals surface area contributed by atoms with Crippen molar-refractivity contribution in [3.8, 4) is 0 Å². The third-order valence-corrected chi connectivity index (χ3v) is 4.76. The van der Waals surface area contributed by atoms with Crippen LogP contribution < -0.4 is 5.32 Å². The average Bonchev–Trinajstić information content (AvgIpc) is 2.66. The fraction of sp³-hybridized carbons (Fsp3) is 0.381. The van der Waals surface area contributed by atoms with Crippen LogP contribution in [-0.4, -0.2) is 41.8 Å². The molecule has 0 aliphatic rings. The molecule has 2 rings (SSSR count). The summed E-state index contributed by atoms with van der Waals surface area (Å²) >= 11 is 5.97. The molecule has 1 heterocycles. The fourth-order valence-electron chi connectivity index (χ4n) is 2.76. The zero-order valence-corrected chi connectivity index (χ0v) is 16.8. The van der Waals surface area contributed by atoms with Crippen LogP contribution in [0.5, 0.6) is 0 Å². The van der Waals surface area contributed by atoms with Crippen molar-refractivity contribution in [3.05, 3.63) is 64.9 Å². The van der Waals surface area contributed by atoms with E-state index in [-0.39, 0.29) is 11.8 Å². The number of hydrogen-bond acceptors (Lipinski definition) is 3. The highest BCUT2D eigenvalue weighted by Gasteiger charge is 2.37. The van der Waals surface area contributed by atoms with Crippen LogP contribution in [0.3, 0.4) is 0 Å². The van der Waals surface area contributed by atoms with Crippen LogP contribution in [-0.2, 0) is 22.4 Å². The molecule has 27 heavy (non-hydrogen) atoms. The Morgan fingerprint density at radius 1 is 1.11 bits per heavy atom. The number of benzene rings is 1. The topological polar surface area (TPSA) is 62.3 Å². The van der Waals surface area contributed by atoms with E-state index < -0.39 is 5.41 Å². The molecule has 2 amide bonds. The van der Waals surface area contributed by atoms with E-state index in [4.69, 9.17) is 11.6 Å². The van der Waals surface area contributed by atoms with Gasteiger partial charge in [0.15, 0.2) is 0 Å². The Morgan fingerprint density at radius 3 is 2.48 bits per heavy atom. The summed E-state index contributed by atoms with van der Waals surface area (Å²) in [4.78, 5) is 30.9. The smallest absolute Gasteiger partial charge is 0.237 e. The van der Waals surface area contributed by atoms with E-state index in [1.165, 1.54) is 0 Å². The monoisotopic (exact) mass is 387 g/mol. The number of pyridine rings is 1. The molecule has 0 unspecified atom stereocenters. The van der Waals surface area contributed by atoms with Crippen molar-refractivity contribution < 1.29 is 9.59 Å². The van der Waals surface area contributed by atoms with Gasteiger partial charge in [0, 0.05) is 37.6 Å². The molecule has 0 saturated heterocycles. The summed E-state index contributed by atoms with van der Waals surface area (Å²) in [5.74, 6) is -0.470. The van der Waals surface area contributed by atoms with Gasteiger partial charge >= 0.3 is 0 Å². The molecule has 5 nitrogen and oxygen atoms in total. The number of nitrogens with one attached hydrogen (secondary N) is 1. The Kier molecular flexibility index (Phi) is 7.36. The van der Waals surface area contributed by atoms with Gasteiger partial charge in [-0.25, -0.2) is 0 Å². The summed E-state index contributed by atoms with van der Waals surface area (Å²) in [5.41, 5.74) is 1.02. The first-order valence-corrected chi connectivity index (χ1v) is 9.35. The van der Waals surface area contributed by atoms with Crippen molar-refractivity contribution in [1.29, 1.82) is 0 Å². The Hall–Kier alpha value is -2.40. The molecule has 1 aromatic carbocycles. The highest BCUT2D eigenvalue weighted by molar-refractivity contribution is 6.30. The minimum Gasteiger partial charge on any atom is -0.355 e.